The van der Waals surface area contributed by atoms with Crippen LogP contribution in [-0.2, 0) is 44.5 Å². The van der Waals surface area contributed by atoms with Crippen molar-refractivity contribution in [2.75, 3.05) is 33.4 Å². The minimum absolute atomic E-state index is 0.00537. The topological polar surface area (TPSA) is 158 Å². The van der Waals surface area contributed by atoms with Gasteiger partial charge in [0.05, 0.1) is 42.6 Å². The minimum Gasteiger partial charge on any atom is -0.458 e. The van der Waals surface area contributed by atoms with Gasteiger partial charge in [-0.25, -0.2) is 9.97 Å². The van der Waals surface area contributed by atoms with Gasteiger partial charge in [-0.1, -0.05) is 33.4 Å². The molecule has 3 aromatic heterocycles. The van der Waals surface area contributed by atoms with Crippen molar-refractivity contribution in [3.05, 3.63) is 75.4 Å². The van der Waals surface area contributed by atoms with Crippen LogP contribution in [0.3, 0.4) is 0 Å². The third kappa shape index (κ3) is 9.80. The van der Waals surface area contributed by atoms with Crippen LogP contribution in [0.2, 0.25) is 0 Å². The molecule has 0 radical (unpaired) electrons. The van der Waals surface area contributed by atoms with E-state index in [1.807, 2.05) is 19.9 Å². The van der Waals surface area contributed by atoms with Crippen molar-refractivity contribution in [2.24, 2.45) is 5.92 Å². The lowest BCUT2D eigenvalue weighted by atomic mass is 9.90. The normalized spacial score (nSPS) is 19.9. The van der Waals surface area contributed by atoms with Gasteiger partial charge in [-0.05, 0) is 112 Å². The van der Waals surface area contributed by atoms with Gasteiger partial charge >= 0.3 is 11.9 Å². The first-order valence-electron chi connectivity index (χ1n) is 21.7. The van der Waals surface area contributed by atoms with E-state index in [1.165, 1.54) is 25.0 Å². The summed E-state index contributed by atoms with van der Waals surface area (Å²) >= 11 is 0. The molecular weight excluding hydrogens is 787 g/mol. The Hall–Kier alpha value is -5.37. The summed E-state index contributed by atoms with van der Waals surface area (Å²) in [5.41, 5.74) is 16.2. The predicted octanol–water partition coefficient (Wildman–Crippen LogP) is 8.84. The number of hydrogen-bond donors (Lipinski definition) is 2. The summed E-state index contributed by atoms with van der Waals surface area (Å²) in [4.78, 5) is 56.7. The highest BCUT2D eigenvalue weighted by Crippen LogP contribution is 2.38. The molecule has 3 aliphatic rings. The Balaban J connectivity index is 1.15. The molecule has 1 amide bonds. The van der Waals surface area contributed by atoms with Crippen LogP contribution in [0, 0.1) is 26.7 Å². The van der Waals surface area contributed by atoms with Crippen LogP contribution in [0.25, 0.3) is 50.9 Å². The predicted molar refractivity (Wildman–Crippen MR) is 244 cm³/mol. The largest absolute Gasteiger partial charge is 0.458 e. The second-order valence-corrected chi connectivity index (χ2v) is 16.6. The highest BCUT2D eigenvalue weighted by molar-refractivity contribution is 5.96. The third-order valence-corrected chi connectivity index (χ3v) is 12.4. The Kier molecular flexibility index (Phi) is 14.7. The fourth-order valence-corrected chi connectivity index (χ4v) is 8.68. The maximum atomic E-state index is 13.6. The number of aromatic nitrogens is 4. The van der Waals surface area contributed by atoms with Crippen molar-refractivity contribution < 1.29 is 38.1 Å². The smallest absolute Gasteiger partial charge is 0.303 e. The number of aryl methyl sites for hydroxylation is 3. The summed E-state index contributed by atoms with van der Waals surface area (Å²) in [6.45, 7) is 24.4. The van der Waals surface area contributed by atoms with E-state index < -0.39 is 42.5 Å². The van der Waals surface area contributed by atoms with Gasteiger partial charge in [-0.2, -0.15) is 0 Å². The second-order valence-electron chi connectivity index (χ2n) is 16.6. The number of esters is 2. The highest BCUT2D eigenvalue weighted by Gasteiger charge is 2.47. The highest BCUT2D eigenvalue weighted by atomic mass is 16.7. The molecule has 0 unspecified atom stereocenters. The average Bonchev–Trinajstić information content (AvgIpc) is 3.93. The zero-order valence-corrected chi connectivity index (χ0v) is 38.2. The molecular formula is C49H63N5O8. The fourth-order valence-electron chi connectivity index (χ4n) is 8.68. The number of nitrogens with one attached hydrogen (secondary N) is 2. The molecule has 5 atom stereocenters. The maximum absolute atomic E-state index is 13.6. The molecule has 62 heavy (non-hydrogen) atoms. The average molecular weight is 850 g/mol. The van der Waals surface area contributed by atoms with Crippen LogP contribution in [0.5, 0.6) is 0 Å². The SMILES string of the molecule is C=Cc1c(C)c2cc3nc(c(C)c4nc(cc5[nH]c(cc1[nH]2)c(C)c5CC)C(C)=C4)C(CCC(=O)N(C)CCOCCO[C@@H]1O[C@H](CC)[C@@H](OC(C)=O)[C@H](OC(C)=O)[C@H]1C)=C3C. The minimum atomic E-state index is -0.730. The van der Waals surface area contributed by atoms with Crippen LogP contribution in [0.4, 0.5) is 0 Å². The first-order chi connectivity index (χ1) is 29.6. The molecule has 2 N–H and O–H groups in total. The van der Waals surface area contributed by atoms with Gasteiger partial charge in [-0.15, -0.1) is 0 Å². The van der Waals surface area contributed by atoms with E-state index in [0.717, 1.165) is 84.7 Å². The molecule has 332 valence electrons. The molecule has 13 nitrogen and oxygen atoms in total. The number of fused-ring (bicyclic) bond motifs is 8. The van der Waals surface area contributed by atoms with E-state index in [2.05, 4.69) is 82.4 Å². The van der Waals surface area contributed by atoms with Gasteiger partial charge in [0.2, 0.25) is 5.91 Å². The summed E-state index contributed by atoms with van der Waals surface area (Å²) in [6.07, 6.45) is 3.60. The van der Waals surface area contributed by atoms with Gasteiger partial charge < -0.3 is 38.6 Å². The number of amides is 1. The number of H-pyrrole nitrogens is 2. The summed E-state index contributed by atoms with van der Waals surface area (Å²) in [7, 11) is 1.78. The number of hydrogen-bond acceptors (Lipinski definition) is 10. The van der Waals surface area contributed by atoms with Gasteiger partial charge in [0.25, 0.3) is 0 Å². The molecule has 6 rings (SSSR count). The number of carbonyl (C=O) groups excluding carboxylic acids is 3. The van der Waals surface area contributed by atoms with Crippen LogP contribution < -0.4 is 0 Å². The number of likely N-dealkylation sites (N-methyl/N-ethyl adjacent to an activating group) is 1. The first kappa shape index (κ1) is 46.1. The number of nitrogens with zero attached hydrogens (tertiary/aromatic N) is 3. The standard InChI is InChI=1S/C49H63N5O8/c1-13-34-28(6)40-25-43-35(14-2)27(5)39(51-43)24-41-29(7)36(46(53-41)30(8)38-22-26(4)37(50-38)23-42(34)52-40)16-17-45(57)54(12)18-19-58-20-21-59-49-31(9)47(60-32(10)55)48(61-33(11)56)44(15-3)62-49/h14,22-25,31,44,47-49,51-52H,2,13,15-21H2,1,3-12H3/t31-,44-,47-,48-,49-/m1/s1. The molecule has 3 aliphatic heterocycles. The van der Waals surface area contributed by atoms with Crippen LogP contribution in [0.15, 0.2) is 24.8 Å². The van der Waals surface area contributed by atoms with Crippen molar-refractivity contribution in [1.82, 2.24) is 24.8 Å². The van der Waals surface area contributed by atoms with Crippen molar-refractivity contribution in [3.8, 4) is 0 Å². The number of carbonyl (C=O) groups is 3. The monoisotopic (exact) mass is 849 g/mol. The molecule has 3 aromatic rings. The van der Waals surface area contributed by atoms with E-state index in [1.54, 1.807) is 11.9 Å². The van der Waals surface area contributed by atoms with E-state index in [9.17, 15) is 14.4 Å². The van der Waals surface area contributed by atoms with E-state index >= 15 is 0 Å². The van der Waals surface area contributed by atoms with Crippen molar-refractivity contribution in [2.45, 2.75) is 120 Å². The number of allylic oxidation sites excluding steroid dienone is 3. The molecule has 1 fully saturated rings. The zero-order chi connectivity index (χ0) is 45.0. The number of ether oxygens (including phenoxy) is 5. The molecule has 0 aromatic carbocycles. The Morgan fingerprint density at radius 2 is 1.53 bits per heavy atom. The van der Waals surface area contributed by atoms with Gasteiger partial charge in [0, 0.05) is 73.0 Å². The summed E-state index contributed by atoms with van der Waals surface area (Å²) in [6, 6.07) is 6.41. The van der Waals surface area contributed by atoms with Gasteiger partial charge in [0.15, 0.2) is 12.4 Å². The Bertz CT molecular complexity index is 2460. The molecule has 0 saturated carbocycles. The Morgan fingerprint density at radius 1 is 0.855 bits per heavy atom. The van der Waals surface area contributed by atoms with E-state index in [0.29, 0.717) is 32.4 Å². The number of rotatable bonds is 15. The van der Waals surface area contributed by atoms with Gasteiger partial charge in [-0.3, -0.25) is 14.4 Å². The molecule has 0 spiro atoms. The van der Waals surface area contributed by atoms with Crippen molar-refractivity contribution in [1.29, 1.82) is 0 Å². The first-order valence-corrected chi connectivity index (χ1v) is 21.7. The second kappa shape index (κ2) is 19.8. The lowest BCUT2D eigenvalue weighted by Crippen LogP contribution is -2.57. The van der Waals surface area contributed by atoms with Crippen LogP contribution >= 0.6 is 0 Å². The summed E-state index contributed by atoms with van der Waals surface area (Å²) in [5.74, 6) is -1.35. The van der Waals surface area contributed by atoms with E-state index in [4.69, 9.17) is 33.7 Å². The Labute approximate surface area is 365 Å². The lowest BCUT2D eigenvalue weighted by Gasteiger charge is -2.44. The molecule has 6 heterocycles. The molecule has 1 saturated heterocycles. The van der Waals surface area contributed by atoms with Crippen LogP contribution in [-0.4, -0.2) is 101 Å². The Morgan fingerprint density at radius 3 is 2.21 bits per heavy atom. The summed E-state index contributed by atoms with van der Waals surface area (Å²) < 4.78 is 29.1. The zero-order valence-electron chi connectivity index (χ0n) is 38.2. The fraction of sp³-hybridized carbons (Fsp3) is 0.490. The maximum Gasteiger partial charge on any atom is 0.303 e. The molecule has 8 bridgehead atoms. The third-order valence-electron chi connectivity index (χ3n) is 12.4. The lowest BCUT2D eigenvalue weighted by molar-refractivity contribution is -0.285. The van der Waals surface area contributed by atoms with Gasteiger partial charge in [0.1, 0.15) is 12.2 Å². The molecule has 0 aliphatic carbocycles. The molecule has 13 heteroatoms. The number of aromatic amines is 2. The van der Waals surface area contributed by atoms with E-state index in [-0.39, 0.29) is 19.1 Å². The quantitative estimate of drug-likeness (QED) is 0.112. The summed E-state index contributed by atoms with van der Waals surface area (Å²) in [5, 5.41) is 0. The van der Waals surface area contributed by atoms with Crippen LogP contribution in [0.1, 0.15) is 118 Å². The van der Waals surface area contributed by atoms with Crippen molar-refractivity contribution >= 4 is 68.8 Å². The van der Waals surface area contributed by atoms with Crippen molar-refractivity contribution in [3.63, 3.8) is 0 Å².